The summed E-state index contributed by atoms with van der Waals surface area (Å²) in [5.74, 6) is 0.446. The van der Waals surface area contributed by atoms with Crippen LogP contribution < -0.4 is 10.2 Å². The van der Waals surface area contributed by atoms with Gasteiger partial charge in [-0.15, -0.1) is 0 Å². The van der Waals surface area contributed by atoms with E-state index < -0.39 is 0 Å². The molecule has 1 aromatic carbocycles. The quantitative estimate of drug-likeness (QED) is 0.780. The van der Waals surface area contributed by atoms with E-state index in [2.05, 4.69) is 27.3 Å². The van der Waals surface area contributed by atoms with Gasteiger partial charge in [-0.1, -0.05) is 30.3 Å². The lowest BCUT2D eigenvalue weighted by molar-refractivity contribution is -0.169. The van der Waals surface area contributed by atoms with Gasteiger partial charge in [-0.3, -0.25) is 4.79 Å². The molecule has 2 aliphatic heterocycles. The third-order valence-corrected chi connectivity index (χ3v) is 5.44. The molecule has 28 heavy (non-hydrogen) atoms. The summed E-state index contributed by atoms with van der Waals surface area (Å²) in [4.78, 5) is 19.0. The van der Waals surface area contributed by atoms with Gasteiger partial charge in [0.1, 0.15) is 5.82 Å². The van der Waals surface area contributed by atoms with Crippen LogP contribution in [0.5, 0.6) is 0 Å². The van der Waals surface area contributed by atoms with Crippen LogP contribution in [0, 0.1) is 0 Å². The van der Waals surface area contributed by atoms with Crippen LogP contribution in [-0.2, 0) is 15.9 Å². The van der Waals surface area contributed by atoms with Crippen molar-refractivity contribution < 1.29 is 14.3 Å². The highest BCUT2D eigenvalue weighted by Crippen LogP contribution is 2.32. The average Bonchev–Trinajstić information content (AvgIpc) is 3.20. The Labute approximate surface area is 165 Å². The van der Waals surface area contributed by atoms with Gasteiger partial charge in [0.05, 0.1) is 18.8 Å². The number of aromatic nitrogens is 1. The van der Waals surface area contributed by atoms with Crippen LogP contribution in [0.4, 0.5) is 5.82 Å². The summed E-state index contributed by atoms with van der Waals surface area (Å²) in [6.07, 6.45) is 5.23. The third kappa shape index (κ3) is 4.51. The van der Waals surface area contributed by atoms with Crippen molar-refractivity contribution in [3.8, 4) is 0 Å². The fourth-order valence-electron chi connectivity index (χ4n) is 3.81. The Bertz CT molecular complexity index is 763. The van der Waals surface area contributed by atoms with E-state index in [0.717, 1.165) is 44.6 Å². The van der Waals surface area contributed by atoms with Crippen molar-refractivity contribution in [3.05, 3.63) is 59.8 Å². The SMILES string of the molecule is O=C(NCCCc1ccccc1)c1ccc(N2CCC3(CC2)OCCO3)nc1. The molecule has 1 aromatic heterocycles. The molecule has 3 heterocycles. The van der Waals surface area contributed by atoms with Crippen LogP contribution in [0.25, 0.3) is 0 Å². The van der Waals surface area contributed by atoms with Gasteiger partial charge >= 0.3 is 0 Å². The zero-order valence-electron chi connectivity index (χ0n) is 16.1. The Morgan fingerprint density at radius 2 is 1.82 bits per heavy atom. The van der Waals surface area contributed by atoms with Gasteiger partial charge in [0.2, 0.25) is 0 Å². The van der Waals surface area contributed by atoms with Gasteiger partial charge in [0, 0.05) is 38.7 Å². The molecule has 1 N–H and O–H groups in total. The third-order valence-electron chi connectivity index (χ3n) is 5.44. The minimum atomic E-state index is -0.379. The highest BCUT2D eigenvalue weighted by molar-refractivity contribution is 5.94. The first-order valence-electron chi connectivity index (χ1n) is 10.1. The molecule has 0 aliphatic carbocycles. The fourth-order valence-corrected chi connectivity index (χ4v) is 3.81. The number of piperidine rings is 1. The van der Waals surface area contributed by atoms with E-state index in [-0.39, 0.29) is 11.7 Å². The van der Waals surface area contributed by atoms with E-state index in [0.29, 0.717) is 25.3 Å². The number of aryl methyl sites for hydroxylation is 1. The van der Waals surface area contributed by atoms with Crippen molar-refractivity contribution in [2.24, 2.45) is 0 Å². The van der Waals surface area contributed by atoms with Crippen LogP contribution in [0.1, 0.15) is 35.2 Å². The second kappa shape index (κ2) is 8.71. The summed E-state index contributed by atoms with van der Waals surface area (Å²) in [6, 6.07) is 14.1. The molecule has 2 saturated heterocycles. The topological polar surface area (TPSA) is 63.7 Å². The van der Waals surface area contributed by atoms with Crippen LogP contribution in [0.2, 0.25) is 0 Å². The number of ether oxygens (including phenoxy) is 2. The largest absolute Gasteiger partial charge is 0.356 e. The first-order valence-corrected chi connectivity index (χ1v) is 10.1. The van der Waals surface area contributed by atoms with Crippen LogP contribution >= 0.6 is 0 Å². The van der Waals surface area contributed by atoms with Gasteiger partial charge in [0.25, 0.3) is 5.91 Å². The Kier molecular flexibility index (Phi) is 5.88. The predicted octanol–water partition coefficient (Wildman–Crippen LogP) is 2.79. The average molecular weight is 381 g/mol. The van der Waals surface area contributed by atoms with E-state index in [1.807, 2.05) is 30.3 Å². The van der Waals surface area contributed by atoms with Gasteiger partial charge in [-0.05, 0) is 30.5 Å². The van der Waals surface area contributed by atoms with Crippen molar-refractivity contribution in [3.63, 3.8) is 0 Å². The molecule has 2 aliphatic rings. The maximum atomic E-state index is 12.3. The van der Waals surface area contributed by atoms with Crippen LogP contribution in [0.3, 0.4) is 0 Å². The molecule has 6 heteroatoms. The van der Waals surface area contributed by atoms with E-state index in [9.17, 15) is 4.79 Å². The summed E-state index contributed by atoms with van der Waals surface area (Å²) in [6.45, 7) is 3.72. The Morgan fingerprint density at radius 1 is 1.07 bits per heavy atom. The monoisotopic (exact) mass is 381 g/mol. The van der Waals surface area contributed by atoms with Crippen molar-refractivity contribution in [2.45, 2.75) is 31.5 Å². The molecule has 0 bridgehead atoms. The van der Waals surface area contributed by atoms with Crippen LogP contribution in [-0.4, -0.2) is 49.5 Å². The molecule has 0 saturated carbocycles. The first-order chi connectivity index (χ1) is 13.7. The van der Waals surface area contributed by atoms with Gasteiger partial charge < -0.3 is 19.7 Å². The van der Waals surface area contributed by atoms with Crippen molar-refractivity contribution in [1.82, 2.24) is 10.3 Å². The maximum absolute atomic E-state index is 12.3. The minimum Gasteiger partial charge on any atom is -0.356 e. The number of benzene rings is 1. The number of pyridine rings is 1. The van der Waals surface area contributed by atoms with Crippen molar-refractivity contribution in [1.29, 1.82) is 0 Å². The summed E-state index contributed by atoms with van der Waals surface area (Å²) < 4.78 is 11.5. The number of anilines is 1. The van der Waals surface area contributed by atoms with E-state index >= 15 is 0 Å². The second-order valence-corrected chi connectivity index (χ2v) is 7.34. The molecule has 1 spiro atoms. The Morgan fingerprint density at radius 3 is 2.50 bits per heavy atom. The molecule has 6 nitrogen and oxygen atoms in total. The molecular formula is C22H27N3O3. The number of nitrogens with one attached hydrogen (secondary N) is 1. The van der Waals surface area contributed by atoms with Gasteiger partial charge in [-0.25, -0.2) is 4.98 Å². The lowest BCUT2D eigenvalue weighted by Crippen LogP contribution is -2.45. The lowest BCUT2D eigenvalue weighted by Gasteiger charge is -2.38. The van der Waals surface area contributed by atoms with Crippen molar-refractivity contribution in [2.75, 3.05) is 37.7 Å². The van der Waals surface area contributed by atoms with E-state index in [1.165, 1.54) is 5.56 Å². The fraction of sp³-hybridized carbons (Fsp3) is 0.455. The highest BCUT2D eigenvalue weighted by atomic mass is 16.7. The molecule has 0 unspecified atom stereocenters. The Hall–Kier alpha value is -2.44. The van der Waals surface area contributed by atoms with Crippen molar-refractivity contribution >= 4 is 11.7 Å². The number of carbonyl (C=O) groups excluding carboxylic acids is 1. The molecule has 2 aromatic rings. The molecule has 1 amide bonds. The lowest BCUT2D eigenvalue weighted by atomic mass is 10.0. The number of nitrogens with zero attached hydrogens (tertiary/aromatic N) is 2. The first kappa shape index (κ1) is 18.9. The Balaban J connectivity index is 1.23. The molecule has 2 fully saturated rings. The van der Waals surface area contributed by atoms with Crippen LogP contribution in [0.15, 0.2) is 48.7 Å². The summed E-state index contributed by atoms with van der Waals surface area (Å²) >= 11 is 0. The molecule has 0 radical (unpaired) electrons. The standard InChI is InChI=1S/C22H27N3O3/c26-21(23-12-4-7-18-5-2-1-3-6-18)19-8-9-20(24-17-19)25-13-10-22(11-14-25)27-15-16-28-22/h1-3,5-6,8-9,17H,4,7,10-16H2,(H,23,26). The normalized spacial score (nSPS) is 18.4. The molecule has 148 valence electrons. The molecule has 4 rings (SSSR count). The maximum Gasteiger partial charge on any atom is 0.252 e. The summed E-state index contributed by atoms with van der Waals surface area (Å²) in [7, 11) is 0. The molecular weight excluding hydrogens is 354 g/mol. The number of carbonyl (C=O) groups is 1. The second-order valence-electron chi connectivity index (χ2n) is 7.34. The zero-order chi connectivity index (χ0) is 19.2. The predicted molar refractivity (Wildman–Crippen MR) is 107 cm³/mol. The number of hydrogen-bond acceptors (Lipinski definition) is 5. The number of hydrogen-bond donors (Lipinski definition) is 1. The van der Waals surface area contributed by atoms with Gasteiger partial charge in [0.15, 0.2) is 5.79 Å². The zero-order valence-corrected chi connectivity index (χ0v) is 16.1. The van der Waals surface area contributed by atoms with E-state index in [4.69, 9.17) is 9.47 Å². The molecule has 0 atom stereocenters. The van der Waals surface area contributed by atoms with Gasteiger partial charge in [-0.2, -0.15) is 0 Å². The van der Waals surface area contributed by atoms with E-state index in [1.54, 1.807) is 6.20 Å². The summed E-state index contributed by atoms with van der Waals surface area (Å²) in [5.41, 5.74) is 1.89. The number of amides is 1. The minimum absolute atomic E-state index is 0.0718. The summed E-state index contributed by atoms with van der Waals surface area (Å²) in [5, 5.41) is 2.98. The number of rotatable bonds is 6. The smallest absolute Gasteiger partial charge is 0.252 e. The highest BCUT2D eigenvalue weighted by Gasteiger charge is 2.39.